The highest BCUT2D eigenvalue weighted by atomic mass is 15.1. The molecule has 3 aromatic rings. The minimum absolute atomic E-state index is 0.663. The zero-order valence-electron chi connectivity index (χ0n) is 11.9. The summed E-state index contributed by atoms with van der Waals surface area (Å²) in [4.78, 5) is 16.6. The summed E-state index contributed by atoms with van der Waals surface area (Å²) in [5.74, 6) is 1.40. The Balaban J connectivity index is 0.000000452. The number of nitrogens with zero attached hydrogens (tertiary/aromatic N) is 5. The lowest BCUT2D eigenvalue weighted by Crippen LogP contribution is -1.98. The molecule has 3 heterocycles. The topological polar surface area (TPSA) is 68.5 Å². The Bertz CT molecular complexity index is 662. The molecule has 0 unspecified atom stereocenters. The van der Waals surface area contributed by atoms with Crippen molar-refractivity contribution in [2.24, 2.45) is 7.05 Å². The molecule has 3 rings (SSSR count). The first-order chi connectivity index (χ1) is 9.76. The maximum Gasteiger partial charge on any atom is 0.150 e. The maximum absolute atomic E-state index is 4.22. The molecule has 0 aliphatic heterocycles. The van der Waals surface area contributed by atoms with Crippen molar-refractivity contribution in [1.82, 2.24) is 24.5 Å². The Morgan fingerprint density at radius 1 is 1.15 bits per heavy atom. The normalized spacial score (nSPS) is 9.95. The summed E-state index contributed by atoms with van der Waals surface area (Å²) in [5, 5.41) is 4.08. The van der Waals surface area contributed by atoms with Gasteiger partial charge in [0.1, 0.15) is 23.6 Å². The minimum Gasteiger partial charge on any atom is -0.335 e. The molecule has 0 atom stereocenters. The lowest BCUT2D eigenvalue weighted by Gasteiger charge is -2.04. The van der Waals surface area contributed by atoms with Gasteiger partial charge in [0, 0.05) is 25.6 Å². The molecule has 0 saturated carbocycles. The zero-order valence-corrected chi connectivity index (χ0v) is 11.9. The minimum atomic E-state index is 0.663. The fourth-order valence-corrected chi connectivity index (χ4v) is 1.66. The van der Waals surface area contributed by atoms with Gasteiger partial charge in [-0.05, 0) is 6.07 Å². The van der Waals surface area contributed by atoms with E-state index in [2.05, 4.69) is 39.1 Å². The smallest absolute Gasteiger partial charge is 0.150 e. The van der Waals surface area contributed by atoms with Crippen LogP contribution in [-0.4, -0.2) is 24.5 Å². The van der Waals surface area contributed by atoms with Gasteiger partial charge in [-0.1, -0.05) is 20.3 Å². The van der Waals surface area contributed by atoms with Crippen molar-refractivity contribution in [3.05, 3.63) is 37.2 Å². The number of aryl methyl sites for hydroxylation is 1. The SMILES string of the molecule is CCC.Cn1ccc2c(Nc3cnccn3)ncnc21. The molecule has 0 saturated heterocycles. The van der Waals surface area contributed by atoms with Crippen molar-refractivity contribution < 1.29 is 0 Å². The van der Waals surface area contributed by atoms with Crippen LogP contribution in [0.3, 0.4) is 0 Å². The van der Waals surface area contributed by atoms with E-state index in [1.165, 1.54) is 12.7 Å². The molecule has 6 heteroatoms. The van der Waals surface area contributed by atoms with Crippen molar-refractivity contribution in [2.75, 3.05) is 5.32 Å². The fraction of sp³-hybridized carbons (Fsp3) is 0.286. The summed E-state index contributed by atoms with van der Waals surface area (Å²) in [6, 6.07) is 1.97. The maximum atomic E-state index is 4.22. The van der Waals surface area contributed by atoms with E-state index in [0.29, 0.717) is 5.82 Å². The second-order valence-corrected chi connectivity index (χ2v) is 4.31. The molecule has 3 aromatic heterocycles. The predicted octanol–water partition coefficient (Wildman–Crippen LogP) is 2.92. The molecule has 0 aliphatic carbocycles. The van der Waals surface area contributed by atoms with E-state index < -0.39 is 0 Å². The van der Waals surface area contributed by atoms with Gasteiger partial charge in [0.2, 0.25) is 0 Å². The second kappa shape index (κ2) is 6.60. The number of aromatic nitrogens is 5. The summed E-state index contributed by atoms with van der Waals surface area (Å²) in [6.45, 7) is 4.25. The Labute approximate surface area is 117 Å². The average Bonchev–Trinajstić information content (AvgIpc) is 2.84. The van der Waals surface area contributed by atoms with Crippen LogP contribution in [0.1, 0.15) is 20.3 Å². The Morgan fingerprint density at radius 2 is 1.95 bits per heavy atom. The molecule has 0 radical (unpaired) electrons. The van der Waals surface area contributed by atoms with E-state index in [1.807, 2.05) is 23.9 Å². The predicted molar refractivity (Wildman–Crippen MR) is 79.8 cm³/mol. The lowest BCUT2D eigenvalue weighted by molar-refractivity contribution is 0.944. The first-order valence-corrected chi connectivity index (χ1v) is 6.55. The molecule has 0 fully saturated rings. The van der Waals surface area contributed by atoms with E-state index in [0.717, 1.165) is 16.9 Å². The van der Waals surface area contributed by atoms with E-state index in [1.54, 1.807) is 18.6 Å². The molecule has 1 N–H and O–H groups in total. The third-order valence-electron chi connectivity index (χ3n) is 2.47. The number of hydrogen-bond donors (Lipinski definition) is 1. The molecule has 104 valence electrons. The third-order valence-corrected chi connectivity index (χ3v) is 2.47. The summed E-state index contributed by atoms with van der Waals surface area (Å²) < 4.78 is 1.94. The van der Waals surface area contributed by atoms with Crippen LogP contribution >= 0.6 is 0 Å². The van der Waals surface area contributed by atoms with Crippen molar-refractivity contribution in [3.63, 3.8) is 0 Å². The van der Waals surface area contributed by atoms with Gasteiger partial charge in [0.15, 0.2) is 0 Å². The van der Waals surface area contributed by atoms with Gasteiger partial charge >= 0.3 is 0 Å². The van der Waals surface area contributed by atoms with Gasteiger partial charge in [-0.25, -0.2) is 15.0 Å². The molecular weight excluding hydrogens is 252 g/mol. The summed E-state index contributed by atoms with van der Waals surface area (Å²) in [7, 11) is 1.95. The quantitative estimate of drug-likeness (QED) is 0.775. The Kier molecular flexibility index (Phi) is 4.60. The second-order valence-electron chi connectivity index (χ2n) is 4.31. The van der Waals surface area contributed by atoms with Gasteiger partial charge in [-0.15, -0.1) is 0 Å². The van der Waals surface area contributed by atoms with Crippen molar-refractivity contribution >= 4 is 22.7 Å². The summed E-state index contributed by atoms with van der Waals surface area (Å²) in [6.07, 6.45) is 9.63. The molecule has 0 amide bonds. The van der Waals surface area contributed by atoms with Crippen LogP contribution in [-0.2, 0) is 7.05 Å². The van der Waals surface area contributed by atoms with Crippen LogP contribution in [0.2, 0.25) is 0 Å². The molecule has 0 bridgehead atoms. The van der Waals surface area contributed by atoms with Crippen LogP contribution in [0.25, 0.3) is 11.0 Å². The largest absolute Gasteiger partial charge is 0.335 e. The number of fused-ring (bicyclic) bond motifs is 1. The molecule has 0 aromatic carbocycles. The van der Waals surface area contributed by atoms with Crippen molar-refractivity contribution in [2.45, 2.75) is 20.3 Å². The van der Waals surface area contributed by atoms with Gasteiger partial charge < -0.3 is 9.88 Å². The zero-order chi connectivity index (χ0) is 14.4. The highest BCUT2D eigenvalue weighted by Gasteiger charge is 2.06. The summed E-state index contributed by atoms with van der Waals surface area (Å²) >= 11 is 0. The van der Waals surface area contributed by atoms with E-state index in [4.69, 9.17) is 0 Å². The first-order valence-electron chi connectivity index (χ1n) is 6.55. The monoisotopic (exact) mass is 270 g/mol. The highest BCUT2D eigenvalue weighted by Crippen LogP contribution is 2.21. The highest BCUT2D eigenvalue weighted by molar-refractivity contribution is 5.88. The molecule has 6 nitrogen and oxygen atoms in total. The van der Waals surface area contributed by atoms with Crippen molar-refractivity contribution in [1.29, 1.82) is 0 Å². The van der Waals surface area contributed by atoms with E-state index >= 15 is 0 Å². The molecular formula is C14H18N6. The van der Waals surface area contributed by atoms with E-state index in [-0.39, 0.29) is 0 Å². The lowest BCUT2D eigenvalue weighted by atomic mass is 10.4. The average molecular weight is 270 g/mol. The molecule has 0 aliphatic rings. The molecule has 0 spiro atoms. The summed E-state index contributed by atoms with van der Waals surface area (Å²) in [5.41, 5.74) is 0.881. The van der Waals surface area contributed by atoms with Crippen LogP contribution in [0.15, 0.2) is 37.2 Å². The fourth-order valence-electron chi connectivity index (χ4n) is 1.66. The van der Waals surface area contributed by atoms with Gasteiger partial charge in [0.05, 0.1) is 11.6 Å². The van der Waals surface area contributed by atoms with Crippen LogP contribution in [0.4, 0.5) is 11.6 Å². The van der Waals surface area contributed by atoms with Gasteiger partial charge in [-0.3, -0.25) is 4.98 Å². The Morgan fingerprint density at radius 3 is 2.65 bits per heavy atom. The van der Waals surface area contributed by atoms with Gasteiger partial charge in [-0.2, -0.15) is 0 Å². The van der Waals surface area contributed by atoms with Gasteiger partial charge in [0.25, 0.3) is 0 Å². The Hall–Kier alpha value is -2.50. The standard InChI is InChI=1S/C11H10N6.C3H8/c1-17-5-2-8-10(14-7-15-11(8)17)16-9-6-12-3-4-13-9;1-3-2/h2-7H,1H3,(H,13,14,15,16);3H2,1-2H3. The van der Waals surface area contributed by atoms with Crippen LogP contribution in [0, 0.1) is 0 Å². The third kappa shape index (κ3) is 3.09. The molecule has 20 heavy (non-hydrogen) atoms. The number of nitrogens with one attached hydrogen (secondary N) is 1. The number of anilines is 2. The van der Waals surface area contributed by atoms with Crippen LogP contribution < -0.4 is 5.32 Å². The van der Waals surface area contributed by atoms with Crippen molar-refractivity contribution in [3.8, 4) is 0 Å². The van der Waals surface area contributed by atoms with Crippen LogP contribution in [0.5, 0.6) is 0 Å². The number of rotatable bonds is 2. The first kappa shape index (κ1) is 13.9. The van der Waals surface area contributed by atoms with E-state index in [9.17, 15) is 0 Å². The number of hydrogen-bond acceptors (Lipinski definition) is 5.